The number of hydrogen-bond acceptors (Lipinski definition) is 1. The standard InChI is InChI=1S/C9H6F4NO/c1-14-8(15)7-5(9(11,12)13)3-2-4-6(7)10/h2-4H,1H2,(H,14,15). The van der Waals surface area contributed by atoms with E-state index >= 15 is 0 Å². The average Bonchev–Trinajstić information content (AvgIpc) is 2.15. The first-order valence-electron chi connectivity index (χ1n) is 3.81. The van der Waals surface area contributed by atoms with E-state index in [0.29, 0.717) is 6.07 Å². The molecule has 0 spiro atoms. The van der Waals surface area contributed by atoms with Crippen molar-refractivity contribution in [2.24, 2.45) is 0 Å². The molecule has 0 atom stereocenters. The molecular weight excluding hydrogens is 214 g/mol. The van der Waals surface area contributed by atoms with Crippen molar-refractivity contribution >= 4 is 5.91 Å². The molecule has 0 fully saturated rings. The maximum absolute atomic E-state index is 13.0. The van der Waals surface area contributed by atoms with E-state index in [1.807, 2.05) is 0 Å². The molecule has 0 saturated carbocycles. The molecular formula is C9H6F4NO. The molecule has 0 aliphatic carbocycles. The van der Waals surface area contributed by atoms with Crippen molar-refractivity contribution in [2.45, 2.75) is 6.18 Å². The molecule has 0 aliphatic rings. The topological polar surface area (TPSA) is 29.1 Å². The Morgan fingerprint density at radius 1 is 1.33 bits per heavy atom. The summed E-state index contributed by atoms with van der Waals surface area (Å²) >= 11 is 0. The van der Waals surface area contributed by atoms with Crippen LogP contribution in [-0.2, 0) is 6.18 Å². The van der Waals surface area contributed by atoms with E-state index in [2.05, 4.69) is 7.05 Å². The second-order valence-electron chi connectivity index (χ2n) is 2.67. The summed E-state index contributed by atoms with van der Waals surface area (Å²) in [6.45, 7) is 0. The van der Waals surface area contributed by atoms with Crippen LogP contribution in [0.1, 0.15) is 15.9 Å². The van der Waals surface area contributed by atoms with Crippen molar-refractivity contribution in [1.82, 2.24) is 5.32 Å². The number of carbonyl (C=O) groups is 1. The Morgan fingerprint density at radius 3 is 2.40 bits per heavy atom. The van der Waals surface area contributed by atoms with Gasteiger partial charge in [-0.25, -0.2) is 4.39 Å². The van der Waals surface area contributed by atoms with Gasteiger partial charge in [-0.15, -0.1) is 0 Å². The van der Waals surface area contributed by atoms with Gasteiger partial charge in [0.1, 0.15) is 5.82 Å². The van der Waals surface area contributed by atoms with E-state index in [9.17, 15) is 22.4 Å². The zero-order chi connectivity index (χ0) is 11.6. The third-order valence-electron chi connectivity index (χ3n) is 1.71. The first-order chi connectivity index (χ1) is 6.88. The average molecular weight is 220 g/mol. The summed E-state index contributed by atoms with van der Waals surface area (Å²) in [7, 11) is 2.89. The molecule has 1 amide bonds. The third-order valence-corrected chi connectivity index (χ3v) is 1.71. The van der Waals surface area contributed by atoms with Crippen LogP contribution in [0.15, 0.2) is 18.2 Å². The predicted octanol–water partition coefficient (Wildman–Crippen LogP) is 2.37. The van der Waals surface area contributed by atoms with Crippen LogP contribution in [-0.4, -0.2) is 5.91 Å². The van der Waals surface area contributed by atoms with Gasteiger partial charge in [0.2, 0.25) is 0 Å². The lowest BCUT2D eigenvalue weighted by Gasteiger charge is -2.11. The van der Waals surface area contributed by atoms with Crippen LogP contribution in [0.3, 0.4) is 0 Å². The van der Waals surface area contributed by atoms with Crippen LogP contribution in [0.4, 0.5) is 17.6 Å². The number of halogens is 4. The summed E-state index contributed by atoms with van der Waals surface area (Å²) in [6, 6.07) is 2.30. The second-order valence-corrected chi connectivity index (χ2v) is 2.67. The van der Waals surface area contributed by atoms with Crippen LogP contribution in [0.25, 0.3) is 0 Å². The Hall–Kier alpha value is -1.59. The first-order valence-corrected chi connectivity index (χ1v) is 3.81. The highest BCUT2D eigenvalue weighted by Crippen LogP contribution is 2.32. The number of alkyl halides is 3. The molecule has 2 nitrogen and oxygen atoms in total. The Balaban J connectivity index is 3.40. The number of rotatable bonds is 1. The fourth-order valence-electron chi connectivity index (χ4n) is 1.08. The monoisotopic (exact) mass is 220 g/mol. The smallest absolute Gasteiger partial charge is 0.350 e. The number of hydrogen-bond donors (Lipinski definition) is 1. The lowest BCUT2D eigenvalue weighted by molar-refractivity contribution is -0.138. The predicted molar refractivity (Wildman–Crippen MR) is 44.2 cm³/mol. The molecule has 1 rings (SSSR count). The van der Waals surface area contributed by atoms with E-state index in [4.69, 9.17) is 0 Å². The van der Waals surface area contributed by atoms with Gasteiger partial charge in [0.05, 0.1) is 11.1 Å². The van der Waals surface area contributed by atoms with Crippen molar-refractivity contribution in [3.8, 4) is 0 Å². The van der Waals surface area contributed by atoms with Crippen molar-refractivity contribution in [1.29, 1.82) is 0 Å². The highest BCUT2D eigenvalue weighted by Gasteiger charge is 2.36. The molecule has 0 saturated heterocycles. The molecule has 6 heteroatoms. The van der Waals surface area contributed by atoms with Gasteiger partial charge in [0, 0.05) is 7.05 Å². The van der Waals surface area contributed by atoms with Crippen molar-refractivity contribution in [3.05, 3.63) is 42.2 Å². The van der Waals surface area contributed by atoms with E-state index in [0.717, 1.165) is 12.1 Å². The van der Waals surface area contributed by atoms with Crippen LogP contribution in [0.5, 0.6) is 0 Å². The lowest BCUT2D eigenvalue weighted by Crippen LogP contribution is -2.22. The summed E-state index contributed by atoms with van der Waals surface area (Å²) in [5.41, 5.74) is -2.36. The molecule has 1 N–H and O–H groups in total. The Morgan fingerprint density at radius 2 is 1.93 bits per heavy atom. The van der Waals surface area contributed by atoms with E-state index in [1.165, 1.54) is 0 Å². The van der Waals surface area contributed by atoms with Gasteiger partial charge in [-0.3, -0.25) is 4.79 Å². The molecule has 1 radical (unpaired) electrons. The number of benzene rings is 1. The summed E-state index contributed by atoms with van der Waals surface area (Å²) in [4.78, 5) is 11.0. The minimum absolute atomic E-state index is 0.633. The summed E-state index contributed by atoms with van der Waals surface area (Å²) < 4.78 is 50.1. The van der Waals surface area contributed by atoms with Crippen LogP contribution in [0.2, 0.25) is 0 Å². The van der Waals surface area contributed by atoms with Gasteiger partial charge in [-0.2, -0.15) is 13.2 Å². The number of nitrogens with one attached hydrogen (secondary N) is 1. The Kier molecular flexibility index (Phi) is 2.97. The van der Waals surface area contributed by atoms with E-state index < -0.39 is 29.0 Å². The number of carbonyl (C=O) groups excluding carboxylic acids is 1. The quantitative estimate of drug-likeness (QED) is 0.723. The molecule has 0 aliphatic heterocycles. The molecule has 1 aromatic rings. The molecule has 81 valence electrons. The maximum Gasteiger partial charge on any atom is 0.417 e. The Labute approximate surface area is 82.9 Å². The highest BCUT2D eigenvalue weighted by atomic mass is 19.4. The maximum atomic E-state index is 13.0. The van der Waals surface area contributed by atoms with Crippen molar-refractivity contribution in [3.63, 3.8) is 0 Å². The van der Waals surface area contributed by atoms with Crippen LogP contribution < -0.4 is 5.32 Å². The third kappa shape index (κ3) is 2.26. The molecule has 0 bridgehead atoms. The van der Waals surface area contributed by atoms with Crippen LogP contribution >= 0.6 is 0 Å². The van der Waals surface area contributed by atoms with Crippen LogP contribution in [0, 0.1) is 12.9 Å². The molecule has 0 aromatic heterocycles. The van der Waals surface area contributed by atoms with Crippen molar-refractivity contribution in [2.75, 3.05) is 0 Å². The van der Waals surface area contributed by atoms with Gasteiger partial charge in [0.15, 0.2) is 0 Å². The van der Waals surface area contributed by atoms with Gasteiger partial charge in [-0.1, -0.05) is 6.07 Å². The largest absolute Gasteiger partial charge is 0.417 e. The summed E-state index contributed by atoms with van der Waals surface area (Å²) in [5.74, 6) is -2.44. The SMILES string of the molecule is [CH2]NC(=O)c1c(F)cccc1C(F)(F)F. The summed E-state index contributed by atoms with van der Waals surface area (Å²) in [6.07, 6.45) is -4.77. The summed E-state index contributed by atoms with van der Waals surface area (Å²) in [5, 5.41) is 1.71. The Bertz CT molecular complexity index is 386. The number of amides is 1. The second kappa shape index (κ2) is 3.88. The van der Waals surface area contributed by atoms with Gasteiger partial charge >= 0.3 is 6.18 Å². The lowest BCUT2D eigenvalue weighted by atomic mass is 10.1. The van der Waals surface area contributed by atoms with Gasteiger partial charge in [0.25, 0.3) is 5.91 Å². The normalized spacial score (nSPS) is 11.3. The molecule has 0 unspecified atom stereocenters. The van der Waals surface area contributed by atoms with Gasteiger partial charge in [-0.05, 0) is 12.1 Å². The zero-order valence-electron chi connectivity index (χ0n) is 7.36. The van der Waals surface area contributed by atoms with Gasteiger partial charge < -0.3 is 5.32 Å². The minimum atomic E-state index is -4.77. The molecule has 1 aromatic carbocycles. The van der Waals surface area contributed by atoms with Crippen molar-refractivity contribution < 1.29 is 22.4 Å². The first kappa shape index (κ1) is 11.5. The molecule has 0 heterocycles. The minimum Gasteiger partial charge on any atom is -0.350 e. The highest BCUT2D eigenvalue weighted by molar-refractivity contribution is 5.96. The zero-order valence-corrected chi connectivity index (χ0v) is 7.36. The fraction of sp³-hybridized carbons (Fsp3) is 0.111. The van der Waals surface area contributed by atoms with E-state index in [1.54, 1.807) is 5.32 Å². The fourth-order valence-corrected chi connectivity index (χ4v) is 1.08. The van der Waals surface area contributed by atoms with E-state index in [-0.39, 0.29) is 0 Å². The molecule has 15 heavy (non-hydrogen) atoms.